The zero-order chi connectivity index (χ0) is 8.39. The monoisotopic (exact) mass is 164 g/mol. The molecular formula is C10H16N2. The van der Waals surface area contributed by atoms with Crippen molar-refractivity contribution in [3.05, 3.63) is 17.2 Å². The van der Waals surface area contributed by atoms with Gasteiger partial charge in [-0.05, 0) is 25.7 Å². The van der Waals surface area contributed by atoms with Crippen molar-refractivity contribution in [2.75, 3.05) is 0 Å². The first-order chi connectivity index (χ1) is 5.90. The third-order valence-corrected chi connectivity index (χ3v) is 2.52. The van der Waals surface area contributed by atoms with E-state index in [0.717, 1.165) is 6.42 Å². The zero-order valence-corrected chi connectivity index (χ0v) is 7.69. The highest BCUT2D eigenvalue weighted by Gasteiger charge is 2.14. The molecule has 12 heavy (non-hydrogen) atoms. The molecule has 0 fully saturated rings. The molecule has 0 aromatic carbocycles. The number of nitrogens with zero attached hydrogens (tertiary/aromatic N) is 1. The number of nitrogens with one attached hydrogen (secondary N) is 1. The molecule has 1 heterocycles. The van der Waals surface area contributed by atoms with Crippen molar-refractivity contribution in [3.63, 3.8) is 0 Å². The lowest BCUT2D eigenvalue weighted by Gasteiger charge is -1.93. The van der Waals surface area contributed by atoms with E-state index >= 15 is 0 Å². The van der Waals surface area contributed by atoms with Gasteiger partial charge in [0.1, 0.15) is 5.82 Å². The van der Waals surface area contributed by atoms with Gasteiger partial charge in [0, 0.05) is 12.1 Å². The minimum absolute atomic E-state index is 1.13. The van der Waals surface area contributed by atoms with Gasteiger partial charge in [-0.1, -0.05) is 13.3 Å². The Bertz CT molecular complexity index is 241. The van der Waals surface area contributed by atoms with E-state index in [0.29, 0.717) is 0 Å². The summed E-state index contributed by atoms with van der Waals surface area (Å²) in [6, 6.07) is 0. The highest BCUT2D eigenvalue weighted by molar-refractivity contribution is 5.19. The predicted molar refractivity (Wildman–Crippen MR) is 49.2 cm³/mol. The van der Waals surface area contributed by atoms with E-state index in [1.807, 2.05) is 0 Å². The molecule has 1 aromatic rings. The van der Waals surface area contributed by atoms with Gasteiger partial charge in [0.25, 0.3) is 0 Å². The Balaban J connectivity index is 2.05. The van der Waals surface area contributed by atoms with Gasteiger partial charge in [-0.15, -0.1) is 0 Å². The second-order valence-electron chi connectivity index (χ2n) is 3.57. The second-order valence-corrected chi connectivity index (χ2v) is 3.57. The molecule has 0 amide bonds. The third kappa shape index (κ3) is 1.38. The van der Waals surface area contributed by atoms with Crippen LogP contribution in [0.15, 0.2) is 0 Å². The van der Waals surface area contributed by atoms with Crippen LogP contribution in [-0.2, 0) is 19.3 Å². The van der Waals surface area contributed by atoms with Crippen molar-refractivity contribution < 1.29 is 0 Å². The smallest absolute Gasteiger partial charge is 0.106 e. The number of aromatic nitrogens is 2. The lowest BCUT2D eigenvalue weighted by atomic mass is 10.2. The number of H-pyrrole nitrogens is 1. The quantitative estimate of drug-likeness (QED) is 0.729. The summed E-state index contributed by atoms with van der Waals surface area (Å²) in [6.45, 7) is 2.22. The van der Waals surface area contributed by atoms with Gasteiger partial charge in [0.2, 0.25) is 0 Å². The Morgan fingerprint density at radius 1 is 1.42 bits per heavy atom. The largest absolute Gasteiger partial charge is 0.346 e. The van der Waals surface area contributed by atoms with Crippen molar-refractivity contribution in [2.45, 2.75) is 45.4 Å². The molecule has 0 radical (unpaired) electrons. The second kappa shape index (κ2) is 3.30. The molecule has 0 saturated heterocycles. The minimum Gasteiger partial charge on any atom is -0.346 e. The van der Waals surface area contributed by atoms with Gasteiger partial charge in [-0.3, -0.25) is 0 Å². The summed E-state index contributed by atoms with van der Waals surface area (Å²) in [6.07, 6.45) is 7.34. The first-order valence-electron chi connectivity index (χ1n) is 4.96. The van der Waals surface area contributed by atoms with E-state index in [1.54, 1.807) is 0 Å². The van der Waals surface area contributed by atoms with E-state index in [9.17, 15) is 0 Å². The topological polar surface area (TPSA) is 28.7 Å². The van der Waals surface area contributed by atoms with Crippen LogP contribution in [-0.4, -0.2) is 9.97 Å². The summed E-state index contributed by atoms with van der Waals surface area (Å²) in [4.78, 5) is 7.99. The number of imidazole rings is 1. The molecule has 0 unspecified atom stereocenters. The van der Waals surface area contributed by atoms with E-state index in [2.05, 4.69) is 16.9 Å². The Morgan fingerprint density at radius 2 is 2.33 bits per heavy atom. The predicted octanol–water partition coefficient (Wildman–Crippen LogP) is 2.24. The van der Waals surface area contributed by atoms with Gasteiger partial charge < -0.3 is 4.98 Å². The maximum Gasteiger partial charge on any atom is 0.106 e. The highest BCUT2D eigenvalue weighted by Crippen LogP contribution is 2.19. The first kappa shape index (κ1) is 7.84. The molecule has 0 atom stereocenters. The SMILES string of the molecule is CCCCc1nc2c([nH]1)CCC2. The van der Waals surface area contributed by atoms with Gasteiger partial charge in [-0.25, -0.2) is 4.98 Å². The Kier molecular flexibility index (Phi) is 2.15. The van der Waals surface area contributed by atoms with E-state index < -0.39 is 0 Å². The molecule has 2 heteroatoms. The summed E-state index contributed by atoms with van der Waals surface area (Å²) in [5, 5.41) is 0. The lowest BCUT2D eigenvalue weighted by Crippen LogP contribution is -1.89. The van der Waals surface area contributed by atoms with E-state index in [4.69, 9.17) is 0 Å². The number of unbranched alkanes of at least 4 members (excludes halogenated alkanes) is 1. The normalized spacial score (nSPS) is 15.1. The minimum atomic E-state index is 1.13. The Morgan fingerprint density at radius 3 is 3.08 bits per heavy atom. The standard InChI is InChI=1S/C10H16N2/c1-2-3-7-10-11-8-5-4-6-9(8)12-10/h2-7H2,1H3,(H,11,12). The van der Waals surface area contributed by atoms with E-state index in [-0.39, 0.29) is 0 Å². The van der Waals surface area contributed by atoms with Gasteiger partial charge >= 0.3 is 0 Å². The highest BCUT2D eigenvalue weighted by atomic mass is 14.9. The molecule has 1 aliphatic carbocycles. The summed E-state index contributed by atoms with van der Waals surface area (Å²) >= 11 is 0. The van der Waals surface area contributed by atoms with Crippen molar-refractivity contribution >= 4 is 0 Å². The van der Waals surface area contributed by atoms with Crippen LogP contribution in [0.2, 0.25) is 0 Å². The third-order valence-electron chi connectivity index (χ3n) is 2.52. The fourth-order valence-corrected chi connectivity index (χ4v) is 1.81. The van der Waals surface area contributed by atoms with Crippen molar-refractivity contribution in [1.29, 1.82) is 0 Å². The van der Waals surface area contributed by atoms with Crippen LogP contribution >= 0.6 is 0 Å². The molecule has 1 aliphatic rings. The Labute approximate surface area is 73.4 Å². The molecule has 1 N–H and O–H groups in total. The molecule has 0 saturated carbocycles. The molecule has 0 aliphatic heterocycles. The molecule has 2 rings (SSSR count). The summed E-state index contributed by atoms with van der Waals surface area (Å²) in [5.41, 5.74) is 2.74. The summed E-state index contributed by atoms with van der Waals surface area (Å²) in [7, 11) is 0. The van der Waals surface area contributed by atoms with Crippen molar-refractivity contribution in [2.24, 2.45) is 0 Å². The fourth-order valence-electron chi connectivity index (χ4n) is 1.81. The maximum absolute atomic E-state index is 4.57. The first-order valence-corrected chi connectivity index (χ1v) is 4.96. The maximum atomic E-state index is 4.57. The molecule has 1 aromatic heterocycles. The van der Waals surface area contributed by atoms with Crippen LogP contribution in [0.1, 0.15) is 43.4 Å². The van der Waals surface area contributed by atoms with Crippen LogP contribution in [0.4, 0.5) is 0 Å². The van der Waals surface area contributed by atoms with Gasteiger partial charge in [-0.2, -0.15) is 0 Å². The van der Waals surface area contributed by atoms with Crippen LogP contribution in [0.5, 0.6) is 0 Å². The van der Waals surface area contributed by atoms with Crippen LogP contribution in [0.3, 0.4) is 0 Å². The molecule has 0 bridgehead atoms. The molecule has 2 nitrogen and oxygen atoms in total. The number of hydrogen-bond acceptors (Lipinski definition) is 1. The summed E-state index contributed by atoms with van der Waals surface area (Å²) < 4.78 is 0. The molecule has 66 valence electrons. The van der Waals surface area contributed by atoms with Crippen LogP contribution in [0, 0.1) is 0 Å². The number of aromatic amines is 1. The van der Waals surface area contributed by atoms with Crippen molar-refractivity contribution in [1.82, 2.24) is 9.97 Å². The van der Waals surface area contributed by atoms with Crippen LogP contribution < -0.4 is 0 Å². The van der Waals surface area contributed by atoms with Crippen molar-refractivity contribution in [3.8, 4) is 0 Å². The molecule has 0 spiro atoms. The van der Waals surface area contributed by atoms with Gasteiger partial charge in [0.05, 0.1) is 5.69 Å². The fraction of sp³-hybridized carbons (Fsp3) is 0.700. The van der Waals surface area contributed by atoms with Gasteiger partial charge in [0.15, 0.2) is 0 Å². The lowest BCUT2D eigenvalue weighted by molar-refractivity contribution is 0.749. The average Bonchev–Trinajstić information content (AvgIpc) is 2.58. The molecular weight excluding hydrogens is 148 g/mol. The number of rotatable bonds is 3. The zero-order valence-electron chi connectivity index (χ0n) is 7.69. The Hall–Kier alpha value is -0.790. The number of fused-ring (bicyclic) bond motifs is 1. The van der Waals surface area contributed by atoms with E-state index in [1.165, 1.54) is 49.3 Å². The number of aryl methyl sites for hydroxylation is 3. The number of hydrogen-bond donors (Lipinski definition) is 1. The van der Waals surface area contributed by atoms with Crippen LogP contribution in [0.25, 0.3) is 0 Å². The average molecular weight is 164 g/mol. The summed E-state index contributed by atoms with van der Waals surface area (Å²) in [5.74, 6) is 1.21.